The lowest BCUT2D eigenvalue weighted by atomic mass is 10.3. The Hall–Kier alpha value is -1.36. The summed E-state index contributed by atoms with van der Waals surface area (Å²) in [6.45, 7) is 8.38. The summed E-state index contributed by atoms with van der Waals surface area (Å²) in [7, 11) is -2.86. The highest BCUT2D eigenvalue weighted by Gasteiger charge is 2.30. The first-order valence-corrected chi connectivity index (χ1v) is 9.78. The molecule has 1 rings (SSSR count). The molecule has 0 N–H and O–H groups in total. The first-order valence-electron chi connectivity index (χ1n) is 6.69. The normalized spacial score (nSPS) is 11.2. The Morgan fingerprint density at radius 2 is 1.68 bits per heavy atom. The molecule has 3 nitrogen and oxygen atoms in total. The average molecular weight is 282 g/mol. The first-order chi connectivity index (χ1) is 8.89. The van der Waals surface area contributed by atoms with Crippen molar-refractivity contribution in [3.8, 4) is 0 Å². The van der Waals surface area contributed by atoms with Crippen LogP contribution in [0.3, 0.4) is 0 Å². The van der Waals surface area contributed by atoms with Gasteiger partial charge in [0, 0.05) is 18.8 Å². The van der Waals surface area contributed by atoms with E-state index in [1.165, 1.54) is 0 Å². The number of benzene rings is 1. The van der Waals surface area contributed by atoms with Crippen molar-refractivity contribution >= 4 is 20.1 Å². The summed E-state index contributed by atoms with van der Waals surface area (Å²) >= 11 is 0. The van der Waals surface area contributed by atoms with Crippen LogP contribution in [0.4, 0.5) is 14.6 Å². The highest BCUT2D eigenvalue weighted by Crippen LogP contribution is 2.19. The Labute approximate surface area is 116 Å². The molecule has 106 valence electrons. The second-order valence-electron chi connectivity index (χ2n) is 5.10. The lowest BCUT2D eigenvalue weighted by Crippen LogP contribution is -2.49. The predicted octanol–water partition coefficient (Wildman–Crippen LogP) is 3.67. The summed E-state index contributed by atoms with van der Waals surface area (Å²) in [6.07, 6.45) is 0.187. The lowest BCUT2D eigenvalue weighted by Gasteiger charge is -2.31. The largest absolute Gasteiger partial charge is 0.325 e. The van der Waals surface area contributed by atoms with E-state index in [-0.39, 0.29) is 12.2 Å². The molecule has 0 radical (unpaired) electrons. The lowest BCUT2D eigenvalue weighted by molar-refractivity contribution is 0.210. The van der Waals surface area contributed by atoms with Crippen molar-refractivity contribution in [1.29, 1.82) is 0 Å². The molecule has 0 heterocycles. The third kappa shape index (κ3) is 4.67. The van der Waals surface area contributed by atoms with Crippen LogP contribution in [0.2, 0.25) is 13.1 Å². The zero-order valence-corrected chi connectivity index (χ0v) is 13.2. The number of para-hydroxylation sites is 1. The molecule has 0 aliphatic carbocycles. The van der Waals surface area contributed by atoms with E-state index in [4.69, 9.17) is 0 Å². The third-order valence-corrected chi connectivity index (χ3v) is 3.94. The molecule has 0 saturated carbocycles. The van der Waals surface area contributed by atoms with Gasteiger partial charge in [-0.3, -0.25) is 4.90 Å². The molecule has 0 saturated heterocycles. The van der Waals surface area contributed by atoms with Gasteiger partial charge in [-0.25, -0.2) is 4.79 Å². The molecule has 1 aromatic carbocycles. The van der Waals surface area contributed by atoms with Crippen LogP contribution in [0.15, 0.2) is 30.3 Å². The zero-order chi connectivity index (χ0) is 14.5. The molecular weight excluding hydrogens is 259 g/mol. The van der Waals surface area contributed by atoms with Crippen LogP contribution in [0.25, 0.3) is 0 Å². The number of urea groups is 1. The fourth-order valence-electron chi connectivity index (χ4n) is 1.92. The summed E-state index contributed by atoms with van der Waals surface area (Å²) in [5.74, 6) is 0. The van der Waals surface area contributed by atoms with Crippen molar-refractivity contribution in [2.45, 2.75) is 26.9 Å². The number of amides is 2. The molecule has 2 amide bonds. The van der Waals surface area contributed by atoms with E-state index in [2.05, 4.69) is 0 Å². The summed E-state index contributed by atoms with van der Waals surface area (Å²) in [5.41, 5.74) is 0.762. The number of hydrogen-bond acceptors (Lipinski definition) is 1. The predicted molar refractivity (Wildman–Crippen MR) is 80.7 cm³/mol. The minimum atomic E-state index is -2.86. The number of rotatable bonds is 5. The molecular formula is C14H23FN2OSi. The number of anilines is 1. The van der Waals surface area contributed by atoms with Gasteiger partial charge in [-0.2, -0.15) is 0 Å². The van der Waals surface area contributed by atoms with Crippen molar-refractivity contribution < 1.29 is 8.90 Å². The van der Waals surface area contributed by atoms with Gasteiger partial charge in [-0.05, 0) is 39.1 Å². The SMILES string of the molecule is CCN(CC)C(=O)N(C[Si](C)(C)F)c1ccccc1. The molecule has 5 heteroatoms. The molecule has 0 fully saturated rings. The van der Waals surface area contributed by atoms with Crippen LogP contribution in [0, 0.1) is 0 Å². The Bertz CT molecular complexity index is 402. The van der Waals surface area contributed by atoms with Crippen LogP contribution < -0.4 is 4.90 Å². The highest BCUT2D eigenvalue weighted by atomic mass is 28.4. The maximum atomic E-state index is 14.1. The van der Waals surface area contributed by atoms with Gasteiger partial charge >= 0.3 is 6.03 Å². The minimum Gasteiger partial charge on any atom is -0.325 e. The van der Waals surface area contributed by atoms with Crippen LogP contribution in [0.5, 0.6) is 0 Å². The Balaban J connectivity index is 3.03. The topological polar surface area (TPSA) is 23.6 Å². The van der Waals surface area contributed by atoms with E-state index in [9.17, 15) is 8.90 Å². The van der Waals surface area contributed by atoms with E-state index in [0.29, 0.717) is 13.1 Å². The van der Waals surface area contributed by atoms with Gasteiger partial charge in [-0.1, -0.05) is 18.2 Å². The second kappa shape index (κ2) is 6.70. The van der Waals surface area contributed by atoms with E-state index in [0.717, 1.165) is 5.69 Å². The second-order valence-corrected chi connectivity index (χ2v) is 8.85. The fraction of sp³-hybridized carbons (Fsp3) is 0.500. The molecule has 0 aromatic heterocycles. The highest BCUT2D eigenvalue weighted by molar-refractivity contribution is 6.71. The van der Waals surface area contributed by atoms with E-state index in [1.807, 2.05) is 44.2 Å². The molecule has 0 atom stereocenters. The van der Waals surface area contributed by atoms with Crippen LogP contribution in [-0.2, 0) is 0 Å². The van der Waals surface area contributed by atoms with Crippen molar-refractivity contribution in [2.24, 2.45) is 0 Å². The summed E-state index contributed by atoms with van der Waals surface area (Å²) in [4.78, 5) is 15.8. The Morgan fingerprint density at radius 3 is 2.11 bits per heavy atom. The number of carbonyl (C=O) groups excluding carboxylic acids is 1. The first kappa shape index (κ1) is 15.7. The summed E-state index contributed by atoms with van der Waals surface area (Å²) in [6, 6.07) is 9.20. The molecule has 0 bridgehead atoms. The van der Waals surface area contributed by atoms with Crippen LogP contribution >= 0.6 is 0 Å². The van der Waals surface area contributed by atoms with Crippen molar-refractivity contribution in [3.05, 3.63) is 30.3 Å². The van der Waals surface area contributed by atoms with Gasteiger partial charge in [0.2, 0.25) is 0 Å². The van der Waals surface area contributed by atoms with Crippen LogP contribution in [-0.4, -0.2) is 38.6 Å². The molecule has 0 spiro atoms. The smallest absolute Gasteiger partial charge is 0.324 e. The van der Waals surface area contributed by atoms with Crippen LogP contribution in [0.1, 0.15) is 13.8 Å². The molecule has 19 heavy (non-hydrogen) atoms. The summed E-state index contributed by atoms with van der Waals surface area (Å²) < 4.78 is 14.1. The van der Waals surface area contributed by atoms with Crippen molar-refractivity contribution in [3.63, 3.8) is 0 Å². The third-order valence-electron chi connectivity index (χ3n) is 2.87. The minimum absolute atomic E-state index is 0.116. The van der Waals surface area contributed by atoms with Gasteiger partial charge in [-0.15, -0.1) is 0 Å². The monoisotopic (exact) mass is 282 g/mol. The van der Waals surface area contributed by atoms with E-state index in [1.54, 1.807) is 22.9 Å². The molecule has 0 aliphatic heterocycles. The Morgan fingerprint density at radius 1 is 1.16 bits per heavy atom. The standard InChI is InChI=1S/C14H23FN2OSi/c1-5-16(6-2)14(18)17(12-19(3,4)15)13-10-8-7-9-11-13/h7-11H,5-6,12H2,1-4H3. The maximum Gasteiger partial charge on any atom is 0.324 e. The van der Waals surface area contributed by atoms with Gasteiger partial charge in [0.25, 0.3) is 8.41 Å². The molecule has 1 aromatic rings. The maximum absolute atomic E-state index is 14.1. The van der Waals surface area contributed by atoms with E-state index >= 15 is 0 Å². The van der Waals surface area contributed by atoms with Gasteiger partial charge in [0.05, 0.1) is 6.17 Å². The number of nitrogens with zero attached hydrogens (tertiary/aromatic N) is 2. The van der Waals surface area contributed by atoms with Gasteiger partial charge in [0.15, 0.2) is 0 Å². The van der Waals surface area contributed by atoms with Crippen molar-refractivity contribution in [1.82, 2.24) is 4.90 Å². The molecule has 0 unspecified atom stereocenters. The van der Waals surface area contributed by atoms with E-state index < -0.39 is 8.41 Å². The van der Waals surface area contributed by atoms with Gasteiger partial charge < -0.3 is 9.01 Å². The Kier molecular flexibility index (Phi) is 5.54. The summed E-state index contributed by atoms with van der Waals surface area (Å²) in [5, 5.41) is 0. The number of halogens is 1. The van der Waals surface area contributed by atoms with Gasteiger partial charge in [0.1, 0.15) is 0 Å². The average Bonchev–Trinajstić information content (AvgIpc) is 2.37. The zero-order valence-electron chi connectivity index (χ0n) is 12.2. The fourth-order valence-corrected chi connectivity index (χ4v) is 2.99. The molecule has 0 aliphatic rings. The number of carbonyl (C=O) groups is 1. The number of hydrogen-bond donors (Lipinski definition) is 0. The van der Waals surface area contributed by atoms with Crippen molar-refractivity contribution in [2.75, 3.05) is 24.2 Å². The quantitative estimate of drug-likeness (QED) is 0.597.